The molecule has 0 unspecified atom stereocenters. The lowest BCUT2D eigenvalue weighted by atomic mass is 9.99. The summed E-state index contributed by atoms with van der Waals surface area (Å²) in [7, 11) is -3.34. The number of nitrogens with two attached hydrogens (primary N) is 1. The highest BCUT2D eigenvalue weighted by atomic mass is 32.2. The van der Waals surface area contributed by atoms with Crippen molar-refractivity contribution < 1.29 is 13.2 Å². The zero-order valence-corrected chi connectivity index (χ0v) is 17.2. The minimum Gasteiger partial charge on any atom is -0.377 e. The Balaban J connectivity index is 1.53. The summed E-state index contributed by atoms with van der Waals surface area (Å²) in [6.45, 7) is 2.31. The molecule has 9 heteroatoms. The Morgan fingerprint density at radius 2 is 1.87 bits per heavy atom. The van der Waals surface area contributed by atoms with Gasteiger partial charge >= 0.3 is 0 Å². The highest BCUT2D eigenvalue weighted by Crippen LogP contribution is 2.28. The van der Waals surface area contributed by atoms with Gasteiger partial charge in [-0.05, 0) is 23.8 Å². The van der Waals surface area contributed by atoms with Crippen LogP contribution in [0.5, 0.6) is 0 Å². The zero-order valence-electron chi connectivity index (χ0n) is 16.4. The molecule has 3 heterocycles. The fourth-order valence-corrected chi connectivity index (χ4v) is 5.30. The van der Waals surface area contributed by atoms with Gasteiger partial charge < -0.3 is 20.7 Å². The van der Waals surface area contributed by atoms with Gasteiger partial charge in [-0.2, -0.15) is 4.98 Å². The molecule has 5 rings (SSSR count). The molecule has 2 aliphatic rings. The topological polar surface area (TPSA) is 110 Å². The summed E-state index contributed by atoms with van der Waals surface area (Å²) in [6.07, 6.45) is 0. The summed E-state index contributed by atoms with van der Waals surface area (Å²) in [5.41, 5.74) is 7.42. The molecular weight excluding hydrogens is 402 g/mol. The van der Waals surface area contributed by atoms with Crippen LogP contribution in [0.15, 0.2) is 53.4 Å². The Bertz CT molecular complexity index is 1210. The van der Waals surface area contributed by atoms with Crippen LogP contribution >= 0.6 is 0 Å². The summed E-state index contributed by atoms with van der Waals surface area (Å²) in [5.74, 6) is 1.21. The van der Waals surface area contributed by atoms with Crippen LogP contribution < -0.4 is 16.0 Å². The molecule has 2 aromatic carbocycles. The van der Waals surface area contributed by atoms with Crippen molar-refractivity contribution in [3.05, 3.63) is 54.1 Å². The molecule has 8 nitrogen and oxygen atoms in total. The molecule has 0 aliphatic carbocycles. The summed E-state index contributed by atoms with van der Waals surface area (Å²) >= 11 is 0. The van der Waals surface area contributed by atoms with Gasteiger partial charge in [-0.15, -0.1) is 0 Å². The average molecular weight is 426 g/mol. The number of anilines is 2. The van der Waals surface area contributed by atoms with Crippen LogP contribution in [0.1, 0.15) is 5.56 Å². The lowest BCUT2D eigenvalue weighted by Crippen LogP contribution is -2.61. The van der Waals surface area contributed by atoms with Crippen molar-refractivity contribution in [1.82, 2.24) is 9.97 Å². The summed E-state index contributed by atoms with van der Waals surface area (Å²) in [6, 6.07) is 14.9. The van der Waals surface area contributed by atoms with Crippen LogP contribution in [0.25, 0.3) is 10.9 Å². The fourth-order valence-electron chi connectivity index (χ4n) is 3.80. The third-order valence-electron chi connectivity index (χ3n) is 5.56. The maximum Gasteiger partial charge on any atom is 0.228 e. The number of benzene rings is 2. The van der Waals surface area contributed by atoms with Crippen molar-refractivity contribution in [2.24, 2.45) is 5.73 Å². The molecule has 30 heavy (non-hydrogen) atoms. The first-order valence-electron chi connectivity index (χ1n) is 9.87. The van der Waals surface area contributed by atoms with Crippen molar-refractivity contribution in [1.29, 1.82) is 0 Å². The lowest BCUT2D eigenvalue weighted by Gasteiger charge is -2.38. The summed E-state index contributed by atoms with van der Waals surface area (Å²) in [5, 5.41) is 4.26. The van der Waals surface area contributed by atoms with Crippen molar-refractivity contribution >= 4 is 32.5 Å². The molecule has 0 atom stereocenters. The molecule has 156 valence electrons. The number of nitrogens with zero attached hydrogens (tertiary/aromatic N) is 3. The fraction of sp³-hybridized carbons (Fsp3) is 0.333. The Kier molecular flexibility index (Phi) is 4.61. The van der Waals surface area contributed by atoms with Crippen LogP contribution in [0.2, 0.25) is 0 Å². The molecule has 2 aliphatic heterocycles. The van der Waals surface area contributed by atoms with Crippen molar-refractivity contribution in [3.8, 4) is 0 Å². The predicted molar refractivity (Wildman–Crippen MR) is 115 cm³/mol. The van der Waals surface area contributed by atoms with E-state index >= 15 is 0 Å². The average Bonchev–Trinajstić information content (AvgIpc) is 2.86. The maximum atomic E-state index is 12.7. The van der Waals surface area contributed by atoms with E-state index in [0.717, 1.165) is 16.5 Å². The minimum absolute atomic E-state index is 0.0201. The van der Waals surface area contributed by atoms with Crippen LogP contribution in [0, 0.1) is 0 Å². The number of fused-ring (bicyclic) bond motifs is 2. The van der Waals surface area contributed by atoms with Crippen molar-refractivity contribution in [3.63, 3.8) is 0 Å². The second-order valence-corrected chi connectivity index (χ2v) is 10.0. The minimum atomic E-state index is -3.34. The van der Waals surface area contributed by atoms with Gasteiger partial charge in [-0.25, -0.2) is 13.4 Å². The van der Waals surface area contributed by atoms with Crippen LogP contribution in [-0.4, -0.2) is 56.0 Å². The van der Waals surface area contributed by atoms with E-state index in [1.807, 2.05) is 41.3 Å². The molecule has 0 radical (unpaired) electrons. The molecule has 0 saturated carbocycles. The molecule has 1 aromatic heterocycles. The van der Waals surface area contributed by atoms with E-state index in [-0.39, 0.29) is 5.75 Å². The Labute approximate surface area is 175 Å². The number of nitrogens with one attached hydrogen (secondary N) is 1. The van der Waals surface area contributed by atoms with Gasteiger partial charge in [0.2, 0.25) is 5.95 Å². The van der Waals surface area contributed by atoms with Gasteiger partial charge in [0.25, 0.3) is 0 Å². The molecule has 3 N–H and O–H groups in total. The number of aromatic nitrogens is 2. The molecule has 0 spiro atoms. The van der Waals surface area contributed by atoms with Crippen molar-refractivity contribution in [2.75, 3.05) is 42.3 Å². The quantitative estimate of drug-likeness (QED) is 0.648. The number of hydrogen-bond donors (Lipinski definition) is 2. The monoisotopic (exact) mass is 425 g/mol. The molecule has 1 saturated heterocycles. The van der Waals surface area contributed by atoms with E-state index in [2.05, 4.69) is 5.32 Å². The van der Waals surface area contributed by atoms with Gasteiger partial charge in [0.15, 0.2) is 9.84 Å². The highest BCUT2D eigenvalue weighted by molar-refractivity contribution is 7.91. The lowest BCUT2D eigenvalue weighted by molar-refractivity contribution is -0.0461. The summed E-state index contributed by atoms with van der Waals surface area (Å²) in [4.78, 5) is 11.8. The second-order valence-electron chi connectivity index (χ2n) is 7.95. The standard InChI is InChI=1S/C21H23N5O3S/c22-21(13-29-14-21)12-23-19-16-6-2-3-7-17(16)24-20(25-19)26-9-10-30(27,28)18-8-4-1-5-15(18)11-26/h1-8H,9-14,22H2,(H,23,24,25). The smallest absolute Gasteiger partial charge is 0.228 e. The van der Waals surface area contributed by atoms with Crippen molar-refractivity contribution in [2.45, 2.75) is 17.0 Å². The second kappa shape index (κ2) is 7.19. The van der Waals surface area contributed by atoms with Gasteiger partial charge in [-0.3, -0.25) is 0 Å². The van der Waals surface area contributed by atoms with Gasteiger partial charge in [0.1, 0.15) is 5.82 Å². The predicted octanol–water partition coefficient (Wildman–Crippen LogP) is 1.56. The number of para-hydroxylation sites is 1. The largest absolute Gasteiger partial charge is 0.377 e. The molecule has 0 amide bonds. The van der Waals surface area contributed by atoms with E-state index in [9.17, 15) is 8.42 Å². The first-order chi connectivity index (χ1) is 14.4. The number of ether oxygens (including phenoxy) is 1. The maximum absolute atomic E-state index is 12.7. The van der Waals surface area contributed by atoms with Gasteiger partial charge in [-0.1, -0.05) is 30.3 Å². The molecule has 1 fully saturated rings. The third kappa shape index (κ3) is 3.49. The Hall–Kier alpha value is -2.75. The van der Waals surface area contributed by atoms with E-state index in [1.54, 1.807) is 12.1 Å². The number of sulfone groups is 1. The Morgan fingerprint density at radius 1 is 1.10 bits per heavy atom. The first-order valence-corrected chi connectivity index (χ1v) is 11.5. The van der Waals surface area contributed by atoms with E-state index in [0.29, 0.717) is 49.5 Å². The van der Waals surface area contributed by atoms with Gasteiger partial charge in [0.05, 0.1) is 34.9 Å². The SMILES string of the molecule is NC1(CNc2nc(N3CCS(=O)(=O)c4ccccc4C3)nc3ccccc23)COC1. The third-order valence-corrected chi connectivity index (χ3v) is 7.35. The number of hydrogen-bond acceptors (Lipinski definition) is 8. The molecule has 0 bridgehead atoms. The Morgan fingerprint density at radius 3 is 2.67 bits per heavy atom. The first kappa shape index (κ1) is 19.2. The molecule has 3 aromatic rings. The van der Waals surface area contributed by atoms with Crippen LogP contribution in [-0.2, 0) is 21.1 Å². The summed E-state index contributed by atoms with van der Waals surface area (Å²) < 4.78 is 30.6. The normalized spacial score (nSPS) is 19.6. The van der Waals surface area contributed by atoms with E-state index < -0.39 is 15.4 Å². The number of rotatable bonds is 4. The highest BCUT2D eigenvalue weighted by Gasteiger charge is 2.34. The van der Waals surface area contributed by atoms with Crippen LogP contribution in [0.3, 0.4) is 0 Å². The zero-order chi connectivity index (χ0) is 20.8. The van der Waals surface area contributed by atoms with E-state index in [4.69, 9.17) is 20.4 Å². The molecular formula is C21H23N5O3S. The van der Waals surface area contributed by atoms with Gasteiger partial charge in [0, 0.05) is 25.0 Å². The van der Waals surface area contributed by atoms with E-state index in [1.165, 1.54) is 0 Å². The van der Waals surface area contributed by atoms with Crippen LogP contribution in [0.4, 0.5) is 11.8 Å².